The van der Waals surface area contributed by atoms with Crippen molar-refractivity contribution in [2.24, 2.45) is 0 Å². The Morgan fingerprint density at radius 1 is 1.17 bits per heavy atom. The molecule has 1 aromatic rings. The van der Waals surface area contributed by atoms with E-state index in [0.717, 1.165) is 17.0 Å². The second-order valence-corrected chi connectivity index (χ2v) is 9.21. The number of unbranched alkanes of at least 4 members (excludes halogenated alkanes) is 1. The second kappa shape index (κ2) is 10.7. The lowest BCUT2D eigenvalue weighted by Crippen LogP contribution is -2.52. The van der Waals surface area contributed by atoms with Gasteiger partial charge in [-0.1, -0.05) is 0 Å². The first-order valence-corrected chi connectivity index (χ1v) is 12.0. The maximum atomic E-state index is 13.7. The Hall–Kier alpha value is -3.75. The fourth-order valence-corrected chi connectivity index (χ4v) is 4.25. The minimum atomic E-state index is -5.22. The van der Waals surface area contributed by atoms with E-state index in [4.69, 9.17) is 9.84 Å². The summed E-state index contributed by atoms with van der Waals surface area (Å²) in [7, 11) is -5.22. The number of piperidine rings is 1. The van der Waals surface area contributed by atoms with E-state index < -0.39 is 57.5 Å². The van der Waals surface area contributed by atoms with Crippen LogP contribution in [-0.4, -0.2) is 73.9 Å². The van der Waals surface area contributed by atoms with Gasteiger partial charge in [0.25, 0.3) is 11.8 Å². The molecule has 2 aliphatic heterocycles. The van der Waals surface area contributed by atoms with Crippen LogP contribution in [0.25, 0.3) is 0 Å². The van der Waals surface area contributed by atoms with Gasteiger partial charge in [0.05, 0.1) is 6.54 Å². The molecule has 0 bridgehead atoms. The molecule has 2 heterocycles. The van der Waals surface area contributed by atoms with Crippen molar-refractivity contribution in [2.45, 2.75) is 43.2 Å². The summed E-state index contributed by atoms with van der Waals surface area (Å²) in [6.07, 6.45) is -0.111. The third-order valence-corrected chi connectivity index (χ3v) is 6.23. The highest BCUT2D eigenvalue weighted by Gasteiger charge is 2.41. The molecule has 4 N–H and O–H groups in total. The van der Waals surface area contributed by atoms with Crippen molar-refractivity contribution in [1.82, 2.24) is 20.9 Å². The number of halogens is 1. The number of hydrogen-bond acceptors (Lipinski definition) is 8. The summed E-state index contributed by atoms with van der Waals surface area (Å²) in [5.41, 5.74) is -0.00518. The molecular formula is C20H23FN4O9S. The Morgan fingerprint density at radius 3 is 2.49 bits per heavy atom. The maximum Gasteiger partial charge on any atom is 0.404 e. The van der Waals surface area contributed by atoms with E-state index in [9.17, 15) is 36.3 Å². The van der Waals surface area contributed by atoms with Crippen LogP contribution in [0.2, 0.25) is 0 Å². The van der Waals surface area contributed by atoms with Crippen molar-refractivity contribution in [2.75, 3.05) is 19.7 Å². The second-order valence-electron chi connectivity index (χ2n) is 7.86. The molecule has 0 saturated carbocycles. The van der Waals surface area contributed by atoms with E-state index in [2.05, 4.69) is 16.0 Å². The Labute approximate surface area is 199 Å². The van der Waals surface area contributed by atoms with Crippen LogP contribution in [0.15, 0.2) is 17.0 Å². The van der Waals surface area contributed by atoms with Gasteiger partial charge in [-0.25, -0.2) is 4.79 Å². The topological polar surface area (TPSA) is 188 Å². The lowest BCUT2D eigenvalue weighted by molar-refractivity contribution is -0.137. The summed E-state index contributed by atoms with van der Waals surface area (Å²) in [6, 6.07) is 0.724. The van der Waals surface area contributed by atoms with Gasteiger partial charge in [-0.15, -0.1) is 3.89 Å². The van der Waals surface area contributed by atoms with Crippen molar-refractivity contribution in [1.29, 1.82) is 0 Å². The molecule has 2 aliphatic rings. The standard InChI is InChI=1S/C20H23FN4O9S/c21-35(32,33)11-7-12-13(9-25(19(12)29)14-3-4-16(26)24-18(14)28)15(8-11)34-10-17(27)22-5-1-2-6-23-20(30)31/h7-8,14,23H,1-6,9-10H2,(H,22,27)(H,30,31)(H,24,26,28). The number of hydrogen-bond donors (Lipinski definition) is 4. The highest BCUT2D eigenvalue weighted by atomic mass is 32.3. The Bertz CT molecular complexity index is 1170. The van der Waals surface area contributed by atoms with Gasteiger partial charge >= 0.3 is 16.3 Å². The number of nitrogens with zero attached hydrogens (tertiary/aromatic N) is 1. The number of carbonyl (C=O) groups is 5. The first kappa shape index (κ1) is 25.9. The Kier molecular flexibility index (Phi) is 7.89. The van der Waals surface area contributed by atoms with E-state index >= 15 is 0 Å². The van der Waals surface area contributed by atoms with E-state index in [-0.39, 0.29) is 49.4 Å². The van der Waals surface area contributed by atoms with Crippen LogP contribution in [0.1, 0.15) is 41.6 Å². The van der Waals surface area contributed by atoms with Gasteiger partial charge in [-0.3, -0.25) is 24.5 Å². The summed E-state index contributed by atoms with van der Waals surface area (Å²) < 4.78 is 42.2. The van der Waals surface area contributed by atoms with E-state index in [1.807, 2.05) is 0 Å². The van der Waals surface area contributed by atoms with Crippen LogP contribution >= 0.6 is 0 Å². The zero-order chi connectivity index (χ0) is 25.8. The van der Waals surface area contributed by atoms with Crippen molar-refractivity contribution >= 4 is 39.9 Å². The van der Waals surface area contributed by atoms with Gasteiger partial charge in [0.1, 0.15) is 16.7 Å². The third-order valence-electron chi connectivity index (χ3n) is 5.43. The first-order valence-electron chi connectivity index (χ1n) is 10.6. The number of fused-ring (bicyclic) bond motifs is 1. The molecule has 3 rings (SSSR count). The minimum absolute atomic E-state index is 0.0105. The fourth-order valence-electron chi connectivity index (χ4n) is 3.74. The summed E-state index contributed by atoms with van der Waals surface area (Å²) in [6.45, 7) is -0.291. The van der Waals surface area contributed by atoms with Crippen LogP contribution in [0, 0.1) is 0 Å². The SMILES string of the molecule is O=C(O)NCCCCNC(=O)COc1cc(S(=O)(=O)F)cc2c1CN(C1CCC(=O)NC1=O)C2=O. The van der Waals surface area contributed by atoms with Gasteiger partial charge in [0.2, 0.25) is 11.8 Å². The quantitative estimate of drug-likeness (QED) is 0.184. The number of amides is 5. The maximum absolute atomic E-state index is 13.7. The number of benzene rings is 1. The third kappa shape index (κ3) is 6.44. The van der Waals surface area contributed by atoms with Crippen molar-refractivity contribution in [3.63, 3.8) is 0 Å². The Morgan fingerprint density at radius 2 is 1.86 bits per heavy atom. The smallest absolute Gasteiger partial charge is 0.404 e. The highest BCUT2D eigenvalue weighted by Crippen LogP contribution is 2.36. The molecule has 190 valence electrons. The molecule has 35 heavy (non-hydrogen) atoms. The summed E-state index contributed by atoms with van der Waals surface area (Å²) in [5, 5.41) is 15.3. The monoisotopic (exact) mass is 514 g/mol. The molecule has 1 saturated heterocycles. The van der Waals surface area contributed by atoms with E-state index in [0.29, 0.717) is 12.8 Å². The zero-order valence-corrected chi connectivity index (χ0v) is 19.2. The zero-order valence-electron chi connectivity index (χ0n) is 18.3. The predicted molar refractivity (Wildman–Crippen MR) is 115 cm³/mol. The number of carbonyl (C=O) groups excluding carboxylic acids is 4. The van der Waals surface area contributed by atoms with Crippen LogP contribution in [-0.2, 0) is 31.2 Å². The molecule has 1 unspecified atom stereocenters. The van der Waals surface area contributed by atoms with Gasteiger partial charge < -0.3 is 25.4 Å². The highest BCUT2D eigenvalue weighted by molar-refractivity contribution is 7.86. The first-order chi connectivity index (χ1) is 16.5. The van der Waals surface area contributed by atoms with Crippen molar-refractivity contribution < 1.29 is 46.1 Å². The molecule has 1 fully saturated rings. The summed E-state index contributed by atoms with van der Waals surface area (Å²) in [5.74, 6) is -2.67. The molecule has 13 nitrogen and oxygen atoms in total. The lowest BCUT2D eigenvalue weighted by atomic mass is 10.0. The largest absolute Gasteiger partial charge is 0.483 e. The summed E-state index contributed by atoms with van der Waals surface area (Å²) >= 11 is 0. The van der Waals surface area contributed by atoms with Gasteiger partial charge in [0, 0.05) is 36.7 Å². The molecule has 0 aromatic heterocycles. The molecule has 0 spiro atoms. The van der Waals surface area contributed by atoms with Crippen molar-refractivity contribution in [3.05, 3.63) is 23.3 Å². The van der Waals surface area contributed by atoms with E-state index in [1.54, 1.807) is 0 Å². The van der Waals surface area contributed by atoms with E-state index in [1.165, 1.54) is 0 Å². The van der Waals surface area contributed by atoms with Crippen LogP contribution < -0.4 is 20.7 Å². The number of ether oxygens (including phenoxy) is 1. The fraction of sp³-hybridized carbons (Fsp3) is 0.450. The van der Waals surface area contributed by atoms with Gasteiger partial charge in [-0.05, 0) is 25.3 Å². The molecule has 1 aromatic carbocycles. The van der Waals surface area contributed by atoms with Crippen LogP contribution in [0.5, 0.6) is 5.75 Å². The molecule has 0 radical (unpaired) electrons. The summed E-state index contributed by atoms with van der Waals surface area (Å²) in [4.78, 5) is 59.3. The lowest BCUT2D eigenvalue weighted by Gasteiger charge is -2.29. The molecular weight excluding hydrogens is 491 g/mol. The molecule has 5 amide bonds. The molecule has 0 aliphatic carbocycles. The molecule has 1 atom stereocenters. The number of rotatable bonds is 10. The van der Waals surface area contributed by atoms with Gasteiger partial charge in [-0.2, -0.15) is 8.42 Å². The van der Waals surface area contributed by atoms with Crippen LogP contribution in [0.3, 0.4) is 0 Å². The average Bonchev–Trinajstić information content (AvgIpc) is 3.10. The van der Waals surface area contributed by atoms with Crippen LogP contribution in [0.4, 0.5) is 8.68 Å². The van der Waals surface area contributed by atoms with Crippen molar-refractivity contribution in [3.8, 4) is 5.75 Å². The average molecular weight is 514 g/mol. The Balaban J connectivity index is 1.70. The number of nitrogens with one attached hydrogen (secondary N) is 3. The number of carboxylic acid groups (broad SMARTS) is 1. The predicted octanol–water partition coefficient (Wildman–Crippen LogP) is -0.351. The molecule has 15 heteroatoms. The van der Waals surface area contributed by atoms with Gasteiger partial charge in [0.15, 0.2) is 6.61 Å². The normalized spacial score (nSPS) is 17.6. The number of imide groups is 1. The minimum Gasteiger partial charge on any atom is -0.483 e.